The predicted octanol–water partition coefficient (Wildman–Crippen LogP) is 3.58. The van der Waals surface area contributed by atoms with Gasteiger partial charge in [-0.2, -0.15) is 0 Å². The SMILES string of the molecule is COc1ccc(-c2ccc([N+](=O)[O-])cc2)cc1C. The minimum absolute atomic E-state index is 0.101. The Morgan fingerprint density at radius 3 is 2.17 bits per heavy atom. The highest BCUT2D eigenvalue weighted by molar-refractivity contribution is 5.66. The molecule has 0 unspecified atom stereocenters. The molecular formula is C14H13NO3. The van der Waals surface area contributed by atoms with Gasteiger partial charge in [-0.05, 0) is 47.9 Å². The first-order valence-electron chi connectivity index (χ1n) is 5.51. The van der Waals surface area contributed by atoms with E-state index in [1.807, 2.05) is 25.1 Å². The standard InChI is InChI=1S/C14H13NO3/c1-10-9-12(5-8-14(10)18-2)11-3-6-13(7-4-11)15(16)17/h3-9H,1-2H3. The number of non-ortho nitro benzene ring substituents is 1. The van der Waals surface area contributed by atoms with Gasteiger partial charge >= 0.3 is 0 Å². The van der Waals surface area contributed by atoms with E-state index in [9.17, 15) is 10.1 Å². The first-order chi connectivity index (χ1) is 8.61. The molecule has 0 heterocycles. The van der Waals surface area contributed by atoms with Gasteiger partial charge in [0, 0.05) is 12.1 Å². The molecule has 0 saturated carbocycles. The second-order valence-corrected chi connectivity index (χ2v) is 3.99. The van der Waals surface area contributed by atoms with Crippen LogP contribution in [0.25, 0.3) is 11.1 Å². The molecule has 92 valence electrons. The molecule has 4 nitrogen and oxygen atoms in total. The molecule has 0 amide bonds. The summed E-state index contributed by atoms with van der Waals surface area (Å²) in [5, 5.41) is 10.6. The van der Waals surface area contributed by atoms with Crippen molar-refractivity contribution in [2.24, 2.45) is 0 Å². The molecule has 0 spiro atoms. The molecule has 2 rings (SSSR count). The number of hydrogen-bond donors (Lipinski definition) is 0. The minimum Gasteiger partial charge on any atom is -0.496 e. The van der Waals surface area contributed by atoms with E-state index in [0.717, 1.165) is 22.4 Å². The predicted molar refractivity (Wildman–Crippen MR) is 69.8 cm³/mol. The Kier molecular flexibility index (Phi) is 3.28. The Balaban J connectivity index is 2.36. The van der Waals surface area contributed by atoms with Gasteiger partial charge in [0.15, 0.2) is 0 Å². The monoisotopic (exact) mass is 243 g/mol. The van der Waals surface area contributed by atoms with E-state index < -0.39 is 4.92 Å². The summed E-state index contributed by atoms with van der Waals surface area (Å²) < 4.78 is 5.20. The maximum absolute atomic E-state index is 10.6. The molecule has 2 aromatic carbocycles. The van der Waals surface area contributed by atoms with Crippen LogP contribution < -0.4 is 4.74 Å². The van der Waals surface area contributed by atoms with Crippen molar-refractivity contribution in [3.8, 4) is 16.9 Å². The van der Waals surface area contributed by atoms with Gasteiger partial charge in [-0.3, -0.25) is 10.1 Å². The summed E-state index contributed by atoms with van der Waals surface area (Å²) in [4.78, 5) is 10.2. The van der Waals surface area contributed by atoms with Crippen molar-refractivity contribution in [3.63, 3.8) is 0 Å². The smallest absolute Gasteiger partial charge is 0.269 e. The van der Waals surface area contributed by atoms with Crippen LogP contribution in [0.5, 0.6) is 5.75 Å². The van der Waals surface area contributed by atoms with Crippen LogP contribution in [-0.4, -0.2) is 12.0 Å². The number of benzene rings is 2. The largest absolute Gasteiger partial charge is 0.496 e. The van der Waals surface area contributed by atoms with Crippen molar-refractivity contribution < 1.29 is 9.66 Å². The van der Waals surface area contributed by atoms with Crippen molar-refractivity contribution in [2.75, 3.05) is 7.11 Å². The highest BCUT2D eigenvalue weighted by Gasteiger charge is 2.06. The molecule has 0 saturated heterocycles. The number of ether oxygens (including phenoxy) is 1. The van der Waals surface area contributed by atoms with Crippen molar-refractivity contribution in [2.45, 2.75) is 6.92 Å². The molecule has 0 aliphatic rings. The van der Waals surface area contributed by atoms with E-state index in [1.165, 1.54) is 12.1 Å². The molecule has 0 aliphatic carbocycles. The zero-order valence-electron chi connectivity index (χ0n) is 10.2. The third-order valence-electron chi connectivity index (χ3n) is 2.81. The van der Waals surface area contributed by atoms with Crippen LogP contribution in [0.2, 0.25) is 0 Å². The fourth-order valence-electron chi connectivity index (χ4n) is 1.83. The zero-order valence-corrected chi connectivity index (χ0v) is 10.2. The summed E-state index contributed by atoms with van der Waals surface area (Å²) in [6.45, 7) is 1.97. The van der Waals surface area contributed by atoms with Gasteiger partial charge in [0.25, 0.3) is 5.69 Å². The van der Waals surface area contributed by atoms with Crippen molar-refractivity contribution in [1.82, 2.24) is 0 Å². The Labute approximate surface area is 105 Å². The van der Waals surface area contributed by atoms with Crippen molar-refractivity contribution in [3.05, 3.63) is 58.1 Å². The fourth-order valence-corrected chi connectivity index (χ4v) is 1.83. The maximum Gasteiger partial charge on any atom is 0.269 e. The van der Waals surface area contributed by atoms with Gasteiger partial charge < -0.3 is 4.74 Å². The number of nitro benzene ring substituents is 1. The molecule has 0 aromatic heterocycles. The van der Waals surface area contributed by atoms with Gasteiger partial charge in [-0.1, -0.05) is 6.07 Å². The van der Waals surface area contributed by atoms with Gasteiger partial charge in [0.2, 0.25) is 0 Å². The van der Waals surface area contributed by atoms with E-state index in [2.05, 4.69) is 0 Å². The number of methoxy groups -OCH3 is 1. The number of hydrogen-bond acceptors (Lipinski definition) is 3. The highest BCUT2D eigenvalue weighted by atomic mass is 16.6. The Bertz CT molecular complexity index is 576. The van der Waals surface area contributed by atoms with Crippen LogP contribution in [-0.2, 0) is 0 Å². The number of nitrogens with zero attached hydrogens (tertiary/aromatic N) is 1. The first-order valence-corrected chi connectivity index (χ1v) is 5.51. The van der Waals surface area contributed by atoms with Gasteiger partial charge in [-0.25, -0.2) is 0 Å². The third-order valence-corrected chi connectivity index (χ3v) is 2.81. The lowest BCUT2D eigenvalue weighted by molar-refractivity contribution is -0.384. The second kappa shape index (κ2) is 4.87. The number of rotatable bonds is 3. The molecule has 0 N–H and O–H groups in total. The lowest BCUT2D eigenvalue weighted by atomic mass is 10.0. The molecular weight excluding hydrogens is 230 g/mol. The third kappa shape index (κ3) is 2.32. The molecule has 18 heavy (non-hydrogen) atoms. The summed E-state index contributed by atoms with van der Waals surface area (Å²) in [7, 11) is 1.63. The topological polar surface area (TPSA) is 52.4 Å². The van der Waals surface area contributed by atoms with Crippen molar-refractivity contribution in [1.29, 1.82) is 0 Å². The average Bonchev–Trinajstić information content (AvgIpc) is 2.38. The average molecular weight is 243 g/mol. The van der Waals surface area contributed by atoms with E-state index >= 15 is 0 Å². The van der Waals surface area contributed by atoms with E-state index in [1.54, 1.807) is 19.2 Å². The number of aryl methyl sites for hydroxylation is 1. The van der Waals surface area contributed by atoms with Crippen LogP contribution in [0, 0.1) is 17.0 Å². The fraction of sp³-hybridized carbons (Fsp3) is 0.143. The Hall–Kier alpha value is -2.36. The normalized spacial score (nSPS) is 10.1. The van der Waals surface area contributed by atoms with E-state index in [4.69, 9.17) is 4.74 Å². The lowest BCUT2D eigenvalue weighted by Gasteiger charge is -2.07. The van der Waals surface area contributed by atoms with E-state index in [-0.39, 0.29) is 5.69 Å². The second-order valence-electron chi connectivity index (χ2n) is 3.99. The molecule has 0 fully saturated rings. The molecule has 0 atom stereocenters. The van der Waals surface area contributed by atoms with Crippen LogP contribution in [0.1, 0.15) is 5.56 Å². The highest BCUT2D eigenvalue weighted by Crippen LogP contribution is 2.27. The summed E-state index contributed by atoms with van der Waals surface area (Å²) >= 11 is 0. The summed E-state index contributed by atoms with van der Waals surface area (Å²) in [5.74, 6) is 0.834. The molecule has 0 radical (unpaired) electrons. The minimum atomic E-state index is -0.400. The quantitative estimate of drug-likeness (QED) is 0.611. The Morgan fingerprint density at radius 2 is 1.67 bits per heavy atom. The molecule has 2 aromatic rings. The van der Waals surface area contributed by atoms with Gasteiger partial charge in [0.1, 0.15) is 5.75 Å². The summed E-state index contributed by atoms with van der Waals surface area (Å²) in [6.07, 6.45) is 0. The lowest BCUT2D eigenvalue weighted by Crippen LogP contribution is -1.89. The van der Waals surface area contributed by atoms with Crippen LogP contribution in [0.4, 0.5) is 5.69 Å². The zero-order chi connectivity index (χ0) is 13.1. The maximum atomic E-state index is 10.6. The first kappa shape index (κ1) is 12.1. The van der Waals surface area contributed by atoms with Crippen molar-refractivity contribution >= 4 is 5.69 Å². The van der Waals surface area contributed by atoms with Crippen LogP contribution in [0.3, 0.4) is 0 Å². The van der Waals surface area contributed by atoms with Crippen LogP contribution >= 0.6 is 0 Å². The Morgan fingerprint density at radius 1 is 1.06 bits per heavy atom. The number of nitro groups is 1. The summed E-state index contributed by atoms with van der Waals surface area (Å²) in [6, 6.07) is 12.3. The molecule has 0 aliphatic heterocycles. The van der Waals surface area contributed by atoms with Gasteiger partial charge in [-0.15, -0.1) is 0 Å². The summed E-state index contributed by atoms with van der Waals surface area (Å²) in [5.41, 5.74) is 3.10. The molecule has 4 heteroatoms. The van der Waals surface area contributed by atoms with Gasteiger partial charge in [0.05, 0.1) is 12.0 Å². The molecule has 0 bridgehead atoms. The van der Waals surface area contributed by atoms with E-state index in [0.29, 0.717) is 0 Å². The van der Waals surface area contributed by atoms with Crippen LogP contribution in [0.15, 0.2) is 42.5 Å².